The van der Waals surface area contributed by atoms with Crippen LogP contribution in [0.5, 0.6) is 0 Å². The summed E-state index contributed by atoms with van der Waals surface area (Å²) in [6.07, 6.45) is 0. The highest BCUT2D eigenvalue weighted by molar-refractivity contribution is 7.91. The Labute approximate surface area is 384 Å². The van der Waals surface area contributed by atoms with Crippen molar-refractivity contribution >= 4 is 85.1 Å². The SMILES string of the molecule is N#Cc1cccc(S(=O)(=O)c2ccc(-n3c4ccccc4c4c5c(c6ccccc6n5-c5ccccc5)c5c(c6ccccc6n5-c5ccc(S(=O)(=O)c6cccc(C#N)c6)cc5)c43)cc2)c1. The number of hydrogen-bond acceptors (Lipinski definition) is 6. The van der Waals surface area contributed by atoms with Gasteiger partial charge >= 0.3 is 0 Å². The maximum atomic E-state index is 14.0. The van der Waals surface area contributed by atoms with E-state index in [1.54, 1.807) is 48.5 Å². The molecule has 0 saturated heterocycles. The Morgan fingerprint density at radius 3 is 1.01 bits per heavy atom. The molecule has 0 saturated carbocycles. The fourth-order valence-corrected chi connectivity index (χ4v) is 12.4. The summed E-state index contributed by atoms with van der Waals surface area (Å²) in [6.45, 7) is 0. The molecule has 0 amide bonds. The second kappa shape index (κ2) is 14.9. The molecule has 0 fully saturated rings. The molecule has 318 valence electrons. The monoisotopic (exact) mass is 903 g/mol. The Bertz CT molecular complexity index is 4200. The quantitative estimate of drug-likeness (QED) is 0.156. The van der Waals surface area contributed by atoms with Crippen molar-refractivity contribution in [2.24, 2.45) is 0 Å². The highest BCUT2D eigenvalue weighted by atomic mass is 32.2. The minimum atomic E-state index is -3.96. The van der Waals surface area contributed by atoms with Crippen molar-refractivity contribution < 1.29 is 16.8 Å². The summed E-state index contributed by atoms with van der Waals surface area (Å²) in [5.41, 5.74) is 8.58. The molecule has 0 unspecified atom stereocenters. The van der Waals surface area contributed by atoms with Crippen molar-refractivity contribution in [2.45, 2.75) is 19.6 Å². The average Bonchev–Trinajstić information content (AvgIpc) is 4.03. The van der Waals surface area contributed by atoms with Crippen molar-refractivity contribution in [2.75, 3.05) is 0 Å². The van der Waals surface area contributed by atoms with Gasteiger partial charge in [-0.2, -0.15) is 10.5 Å². The molecule has 0 radical (unpaired) electrons. The third-order valence-electron chi connectivity index (χ3n) is 12.7. The number of para-hydroxylation sites is 4. The molecule has 67 heavy (non-hydrogen) atoms. The topological polar surface area (TPSA) is 131 Å². The zero-order valence-electron chi connectivity index (χ0n) is 35.2. The minimum Gasteiger partial charge on any atom is -0.308 e. The first-order chi connectivity index (χ1) is 32.7. The fourth-order valence-electron chi connectivity index (χ4n) is 9.82. The first-order valence-corrected chi connectivity index (χ1v) is 24.3. The Morgan fingerprint density at radius 1 is 0.328 bits per heavy atom. The van der Waals surface area contributed by atoms with Gasteiger partial charge in [0.15, 0.2) is 0 Å². The van der Waals surface area contributed by atoms with E-state index in [2.05, 4.69) is 68.3 Å². The Hall–Kier alpha value is -8.74. The molecule has 0 aliphatic rings. The van der Waals surface area contributed by atoms with Gasteiger partial charge in [-0.15, -0.1) is 0 Å². The number of aromatic nitrogens is 3. The van der Waals surface area contributed by atoms with Crippen molar-refractivity contribution in [3.63, 3.8) is 0 Å². The molecule has 3 heterocycles. The third-order valence-corrected chi connectivity index (χ3v) is 16.2. The van der Waals surface area contributed by atoms with Crippen LogP contribution in [0.15, 0.2) is 220 Å². The molecule has 0 aliphatic heterocycles. The van der Waals surface area contributed by atoms with Crippen LogP contribution in [0, 0.1) is 22.7 Å². The van der Waals surface area contributed by atoms with Crippen LogP contribution in [0.1, 0.15) is 11.1 Å². The lowest BCUT2D eigenvalue weighted by Gasteiger charge is -2.14. The zero-order chi connectivity index (χ0) is 45.6. The summed E-state index contributed by atoms with van der Waals surface area (Å²) in [5.74, 6) is 0. The first-order valence-electron chi connectivity index (χ1n) is 21.4. The minimum absolute atomic E-state index is 0.0423. The summed E-state index contributed by atoms with van der Waals surface area (Å²) in [5, 5.41) is 25.0. The zero-order valence-corrected chi connectivity index (χ0v) is 36.9. The number of nitrogens with zero attached hydrogens (tertiary/aromatic N) is 5. The second-order valence-corrected chi connectivity index (χ2v) is 20.2. The average molecular weight is 904 g/mol. The van der Waals surface area contributed by atoms with E-state index in [9.17, 15) is 27.4 Å². The number of fused-ring (bicyclic) bond motifs is 12. The van der Waals surface area contributed by atoms with E-state index >= 15 is 0 Å². The van der Waals surface area contributed by atoms with Gasteiger partial charge < -0.3 is 13.7 Å². The van der Waals surface area contributed by atoms with E-state index < -0.39 is 19.7 Å². The number of hydrogen-bond donors (Lipinski definition) is 0. The summed E-state index contributed by atoms with van der Waals surface area (Å²) >= 11 is 0. The summed E-state index contributed by atoms with van der Waals surface area (Å²) in [6, 6.07) is 65.1. The Balaban J connectivity index is 1.22. The number of rotatable bonds is 7. The maximum Gasteiger partial charge on any atom is 0.206 e. The molecule has 12 aromatic rings. The molecule has 11 heteroatoms. The molecule has 0 bridgehead atoms. The summed E-state index contributed by atoms with van der Waals surface area (Å²) < 4.78 is 62.7. The van der Waals surface area contributed by atoms with E-state index in [1.165, 1.54) is 24.3 Å². The Kier molecular flexibility index (Phi) is 8.86. The second-order valence-electron chi connectivity index (χ2n) is 16.3. The molecule has 9 nitrogen and oxygen atoms in total. The van der Waals surface area contributed by atoms with Gasteiger partial charge in [-0.05, 0) is 115 Å². The molecule has 0 aliphatic carbocycles. The summed E-state index contributed by atoms with van der Waals surface area (Å²) in [7, 11) is -7.92. The molecule has 0 N–H and O–H groups in total. The highest BCUT2D eigenvalue weighted by Gasteiger charge is 2.29. The molecule has 0 spiro atoms. The van der Waals surface area contributed by atoms with Gasteiger partial charge in [-0.3, -0.25) is 0 Å². The van der Waals surface area contributed by atoms with Crippen molar-refractivity contribution in [3.05, 3.63) is 211 Å². The lowest BCUT2D eigenvalue weighted by molar-refractivity contribution is 0.594. The van der Waals surface area contributed by atoms with Crippen LogP contribution in [0.25, 0.3) is 82.5 Å². The Morgan fingerprint density at radius 2 is 0.657 bits per heavy atom. The van der Waals surface area contributed by atoms with Gasteiger partial charge in [0.05, 0.1) is 75.9 Å². The smallest absolute Gasteiger partial charge is 0.206 e. The lowest BCUT2D eigenvalue weighted by atomic mass is 10.0. The molecule has 9 aromatic carbocycles. The third kappa shape index (κ3) is 5.89. The normalized spacial score (nSPS) is 12.1. The number of sulfone groups is 2. The van der Waals surface area contributed by atoms with Gasteiger partial charge in [0, 0.05) is 49.4 Å². The molecular weight excluding hydrogens is 871 g/mol. The predicted octanol–water partition coefficient (Wildman–Crippen LogP) is 12.4. The number of benzene rings is 9. The largest absolute Gasteiger partial charge is 0.308 e. The molecule has 3 aromatic heterocycles. The summed E-state index contributed by atoms with van der Waals surface area (Å²) in [4.78, 5) is 0.286. The maximum absolute atomic E-state index is 14.0. The van der Waals surface area contributed by atoms with Crippen molar-refractivity contribution in [1.29, 1.82) is 10.5 Å². The van der Waals surface area contributed by atoms with Crippen LogP contribution in [0.3, 0.4) is 0 Å². The van der Waals surface area contributed by atoms with Crippen molar-refractivity contribution in [3.8, 4) is 29.2 Å². The standard InChI is InChI=1S/C56H33N5O4S2/c57-34-36-12-10-16-43(32-36)66(62,63)41-28-24-39(25-29-41)60-49-22-8-5-19-46(49)52-54-51(45-18-4-7-21-48(45)59(54)38-14-2-1-3-15-38)55-53(56(52)60)47-20-6-9-23-50(47)61(55)40-26-30-42(31-27-40)67(64,65)44-17-11-13-37(33-44)35-58/h1-33H. The van der Waals surface area contributed by atoms with Crippen LogP contribution >= 0.6 is 0 Å². The predicted molar refractivity (Wildman–Crippen MR) is 263 cm³/mol. The first kappa shape index (κ1) is 39.8. The molecular formula is C56H33N5O4S2. The van der Waals surface area contributed by atoms with E-state index in [0.717, 1.165) is 82.5 Å². The van der Waals surface area contributed by atoms with E-state index in [4.69, 9.17) is 0 Å². The molecule has 12 rings (SSSR count). The van der Waals surface area contributed by atoms with E-state index in [0.29, 0.717) is 0 Å². The lowest BCUT2D eigenvalue weighted by Crippen LogP contribution is -2.03. The highest BCUT2D eigenvalue weighted by Crippen LogP contribution is 2.50. The van der Waals surface area contributed by atoms with Crippen LogP contribution < -0.4 is 0 Å². The van der Waals surface area contributed by atoms with Crippen LogP contribution in [0.4, 0.5) is 0 Å². The van der Waals surface area contributed by atoms with Gasteiger partial charge in [0.25, 0.3) is 0 Å². The molecule has 0 atom stereocenters. The van der Waals surface area contributed by atoms with E-state index in [-0.39, 0.29) is 30.7 Å². The van der Waals surface area contributed by atoms with Gasteiger partial charge in [0.1, 0.15) is 0 Å². The fraction of sp³-hybridized carbons (Fsp3) is 0. The van der Waals surface area contributed by atoms with Crippen LogP contribution in [-0.2, 0) is 19.7 Å². The number of nitriles is 2. The van der Waals surface area contributed by atoms with Crippen LogP contribution in [-0.4, -0.2) is 30.5 Å². The van der Waals surface area contributed by atoms with Crippen molar-refractivity contribution in [1.82, 2.24) is 13.7 Å². The van der Waals surface area contributed by atoms with Gasteiger partial charge in [-0.25, -0.2) is 16.8 Å². The van der Waals surface area contributed by atoms with E-state index in [1.807, 2.05) is 84.9 Å². The van der Waals surface area contributed by atoms with Gasteiger partial charge in [0.2, 0.25) is 19.7 Å². The van der Waals surface area contributed by atoms with Gasteiger partial charge in [-0.1, -0.05) is 84.9 Å². The van der Waals surface area contributed by atoms with Crippen LogP contribution in [0.2, 0.25) is 0 Å².